The first-order valence-corrected chi connectivity index (χ1v) is 8.16. The van der Waals surface area contributed by atoms with Gasteiger partial charge in [0.2, 0.25) is 0 Å². The van der Waals surface area contributed by atoms with Gasteiger partial charge in [-0.2, -0.15) is 0 Å². The molecule has 0 saturated carbocycles. The highest BCUT2D eigenvalue weighted by Crippen LogP contribution is 2.35. The summed E-state index contributed by atoms with van der Waals surface area (Å²) in [6.45, 7) is 8.43. The molecule has 0 spiro atoms. The van der Waals surface area contributed by atoms with Gasteiger partial charge in [-0.3, -0.25) is 4.79 Å². The maximum atomic E-state index is 11.1. The molecule has 1 heterocycles. The molecule has 1 aliphatic rings. The zero-order valence-corrected chi connectivity index (χ0v) is 13.9. The van der Waals surface area contributed by atoms with Crippen molar-refractivity contribution in [3.8, 4) is 0 Å². The van der Waals surface area contributed by atoms with Gasteiger partial charge in [-0.25, -0.2) is 0 Å². The van der Waals surface area contributed by atoms with Crippen LogP contribution in [0.3, 0.4) is 0 Å². The van der Waals surface area contributed by atoms with Gasteiger partial charge < -0.3 is 14.6 Å². The minimum Gasteiger partial charge on any atom is -0.481 e. The van der Waals surface area contributed by atoms with E-state index in [0.717, 1.165) is 5.56 Å². The van der Waals surface area contributed by atoms with Crippen LogP contribution in [0.4, 0.5) is 0 Å². The lowest BCUT2D eigenvalue weighted by molar-refractivity contribution is -0.189. The average Bonchev–Trinajstić information content (AvgIpc) is 2.52. The van der Waals surface area contributed by atoms with Crippen molar-refractivity contribution < 1.29 is 19.4 Å². The van der Waals surface area contributed by atoms with Gasteiger partial charge in [0.1, 0.15) is 0 Å². The molecule has 1 aliphatic heterocycles. The van der Waals surface area contributed by atoms with E-state index in [9.17, 15) is 4.79 Å². The lowest BCUT2D eigenvalue weighted by Crippen LogP contribution is -2.50. The Morgan fingerprint density at radius 3 is 2.52 bits per heavy atom. The molecule has 4 nitrogen and oxygen atoms in total. The summed E-state index contributed by atoms with van der Waals surface area (Å²) in [6.07, 6.45) is 2.13. The summed E-state index contributed by atoms with van der Waals surface area (Å²) in [5, 5.41) is 9.12. The smallest absolute Gasteiger partial charge is 0.305 e. The quantitative estimate of drug-likeness (QED) is 0.780. The molecule has 1 aromatic rings. The summed E-state index contributed by atoms with van der Waals surface area (Å²) in [4.78, 5) is 11.1. The van der Waals surface area contributed by atoms with Crippen molar-refractivity contribution in [2.75, 3.05) is 0 Å². The van der Waals surface area contributed by atoms with E-state index < -0.39 is 5.97 Å². The zero-order valence-electron chi connectivity index (χ0n) is 13.9. The lowest BCUT2D eigenvalue weighted by Gasteiger charge is -2.44. The molecule has 4 heteroatoms. The van der Waals surface area contributed by atoms with Crippen LogP contribution in [0.15, 0.2) is 43.0 Å². The Kier molecular flexibility index (Phi) is 6.37. The maximum absolute atomic E-state index is 11.1. The van der Waals surface area contributed by atoms with Crippen molar-refractivity contribution in [1.29, 1.82) is 0 Å². The molecule has 0 unspecified atom stereocenters. The molecule has 1 fully saturated rings. The van der Waals surface area contributed by atoms with Crippen molar-refractivity contribution in [3.63, 3.8) is 0 Å². The first-order valence-electron chi connectivity index (χ1n) is 8.16. The lowest BCUT2D eigenvalue weighted by atomic mass is 9.80. The van der Waals surface area contributed by atoms with Gasteiger partial charge in [-0.15, -0.1) is 6.58 Å². The van der Waals surface area contributed by atoms with E-state index in [0.29, 0.717) is 13.0 Å². The number of carboxylic acids is 1. The van der Waals surface area contributed by atoms with Crippen LogP contribution in [0, 0.1) is 11.8 Å². The highest BCUT2D eigenvalue weighted by Gasteiger charge is 2.42. The Morgan fingerprint density at radius 1 is 1.26 bits per heavy atom. The number of hydrogen-bond donors (Lipinski definition) is 1. The maximum Gasteiger partial charge on any atom is 0.305 e. The van der Waals surface area contributed by atoms with E-state index in [1.165, 1.54) is 0 Å². The molecule has 5 atom stereocenters. The molecule has 0 bridgehead atoms. The molecule has 126 valence electrons. The van der Waals surface area contributed by atoms with E-state index >= 15 is 0 Å². The number of hydrogen-bond acceptors (Lipinski definition) is 3. The molecule has 23 heavy (non-hydrogen) atoms. The van der Waals surface area contributed by atoms with Gasteiger partial charge in [0.15, 0.2) is 0 Å². The van der Waals surface area contributed by atoms with E-state index in [1.54, 1.807) is 0 Å². The van der Waals surface area contributed by atoms with E-state index in [1.807, 2.05) is 43.3 Å². The summed E-state index contributed by atoms with van der Waals surface area (Å²) in [5.74, 6) is -0.613. The highest BCUT2D eigenvalue weighted by molar-refractivity contribution is 5.67. The molecule has 0 amide bonds. The van der Waals surface area contributed by atoms with Gasteiger partial charge >= 0.3 is 5.97 Å². The Labute approximate surface area is 138 Å². The Bertz CT molecular complexity index is 513. The number of carbonyl (C=O) groups is 1. The van der Waals surface area contributed by atoms with E-state index in [4.69, 9.17) is 14.6 Å². The molecular weight excluding hydrogens is 292 g/mol. The Balaban J connectivity index is 2.08. The molecule has 0 aromatic heterocycles. The van der Waals surface area contributed by atoms with Crippen LogP contribution in [-0.4, -0.2) is 29.4 Å². The number of aliphatic carboxylic acids is 1. The van der Waals surface area contributed by atoms with E-state index in [-0.39, 0.29) is 36.6 Å². The largest absolute Gasteiger partial charge is 0.481 e. The van der Waals surface area contributed by atoms with Crippen LogP contribution in [0.2, 0.25) is 0 Å². The second-order valence-electron chi connectivity index (χ2n) is 6.31. The summed E-state index contributed by atoms with van der Waals surface area (Å²) in [7, 11) is 0. The second kappa shape index (κ2) is 8.27. The SMILES string of the molecule is C=CC[C@H]1O[C@H](CC(=O)O)[C@H](C)[C@H](OCc2ccccc2)[C@H]1C. The summed E-state index contributed by atoms with van der Waals surface area (Å²) in [5.41, 5.74) is 1.12. The number of benzene rings is 1. The molecule has 1 aromatic carbocycles. The summed E-state index contributed by atoms with van der Waals surface area (Å²) >= 11 is 0. The van der Waals surface area contributed by atoms with Gasteiger partial charge in [-0.05, 0) is 12.0 Å². The van der Waals surface area contributed by atoms with Crippen LogP contribution in [0.5, 0.6) is 0 Å². The fourth-order valence-corrected chi connectivity index (χ4v) is 3.29. The third kappa shape index (κ3) is 4.66. The average molecular weight is 318 g/mol. The van der Waals surface area contributed by atoms with Gasteiger partial charge in [-0.1, -0.05) is 50.3 Å². The number of rotatable bonds is 7. The summed E-state index contributed by atoms with van der Waals surface area (Å²) < 4.78 is 12.2. The number of carboxylic acid groups (broad SMARTS) is 1. The van der Waals surface area contributed by atoms with Gasteiger partial charge in [0.25, 0.3) is 0 Å². The predicted octanol–water partition coefficient (Wildman–Crippen LogP) is 3.66. The minimum absolute atomic E-state index is 0.00667. The fourth-order valence-electron chi connectivity index (χ4n) is 3.29. The molecule has 2 rings (SSSR count). The molecule has 1 saturated heterocycles. The predicted molar refractivity (Wildman–Crippen MR) is 89.1 cm³/mol. The van der Waals surface area contributed by atoms with Gasteiger partial charge in [0.05, 0.1) is 31.3 Å². The number of ether oxygens (including phenoxy) is 2. The van der Waals surface area contributed by atoms with Crippen molar-refractivity contribution in [3.05, 3.63) is 48.6 Å². The third-order valence-corrected chi connectivity index (χ3v) is 4.62. The molecule has 0 radical (unpaired) electrons. The Morgan fingerprint density at radius 2 is 1.91 bits per heavy atom. The van der Waals surface area contributed by atoms with Gasteiger partial charge in [0, 0.05) is 11.8 Å². The minimum atomic E-state index is -0.837. The van der Waals surface area contributed by atoms with Crippen LogP contribution in [-0.2, 0) is 20.9 Å². The van der Waals surface area contributed by atoms with Crippen molar-refractivity contribution >= 4 is 5.97 Å². The van der Waals surface area contributed by atoms with E-state index in [2.05, 4.69) is 13.5 Å². The molecular formula is C19H26O4. The van der Waals surface area contributed by atoms with Crippen molar-refractivity contribution in [1.82, 2.24) is 0 Å². The highest BCUT2D eigenvalue weighted by atomic mass is 16.5. The monoisotopic (exact) mass is 318 g/mol. The van der Waals surface area contributed by atoms with Crippen LogP contribution in [0.1, 0.15) is 32.3 Å². The molecule has 0 aliphatic carbocycles. The molecule has 1 N–H and O–H groups in total. The summed E-state index contributed by atoms with van der Waals surface area (Å²) in [6, 6.07) is 10.0. The second-order valence-corrected chi connectivity index (χ2v) is 6.31. The first kappa shape index (κ1) is 17.7. The fraction of sp³-hybridized carbons (Fsp3) is 0.526. The van der Waals surface area contributed by atoms with Crippen LogP contribution >= 0.6 is 0 Å². The zero-order chi connectivity index (χ0) is 16.8. The van der Waals surface area contributed by atoms with Crippen molar-refractivity contribution in [2.45, 2.75) is 51.6 Å². The first-order chi connectivity index (χ1) is 11.0. The Hall–Kier alpha value is -1.65. The normalized spacial score (nSPS) is 30.8. The third-order valence-electron chi connectivity index (χ3n) is 4.62. The van der Waals surface area contributed by atoms with Crippen LogP contribution < -0.4 is 0 Å². The van der Waals surface area contributed by atoms with Crippen LogP contribution in [0.25, 0.3) is 0 Å². The standard InChI is InChI=1S/C19H26O4/c1-4-8-16-13(2)19(14(3)17(23-16)11-18(20)21)22-12-15-9-6-5-7-10-15/h4-7,9-10,13-14,16-17,19H,1,8,11-12H2,2-3H3,(H,20,21)/t13-,14-,16+,17+,19+/m0/s1. The van der Waals surface area contributed by atoms with Crippen molar-refractivity contribution in [2.24, 2.45) is 11.8 Å². The topological polar surface area (TPSA) is 55.8 Å².